The van der Waals surface area contributed by atoms with Crippen molar-refractivity contribution in [1.82, 2.24) is 68.0 Å². The van der Waals surface area contributed by atoms with Crippen molar-refractivity contribution in [2.45, 2.75) is 189 Å². The number of phenols is 1. The molecule has 118 heavy (non-hydrogen) atoms. The van der Waals surface area contributed by atoms with Gasteiger partial charge in [0.25, 0.3) is 0 Å². The molecule has 2 saturated heterocycles. The van der Waals surface area contributed by atoms with Crippen LogP contribution in [-0.2, 0) is 92.5 Å². The van der Waals surface area contributed by atoms with Crippen LogP contribution in [0, 0.1) is 17.1 Å². The van der Waals surface area contributed by atoms with Crippen molar-refractivity contribution in [3.05, 3.63) is 209 Å². The highest BCUT2D eigenvalue weighted by molar-refractivity contribution is 7.85. The lowest BCUT2D eigenvalue weighted by Gasteiger charge is -2.45. The van der Waals surface area contributed by atoms with E-state index in [2.05, 4.69) is 99.5 Å². The number of nitrogens with two attached hydrogens (primary N) is 2. The van der Waals surface area contributed by atoms with Crippen LogP contribution in [0.3, 0.4) is 0 Å². The maximum atomic E-state index is 15.5. The first kappa shape index (κ1) is 87.7. The number of rotatable bonds is 27. The van der Waals surface area contributed by atoms with Crippen LogP contribution in [0.5, 0.6) is 5.75 Å². The summed E-state index contributed by atoms with van der Waals surface area (Å²) >= 11 is 0. The first-order valence-electron chi connectivity index (χ1n) is 40.9. The number of nitrogens with zero attached hydrogens (tertiary/aromatic N) is 1. The van der Waals surface area contributed by atoms with Gasteiger partial charge in [-0.25, -0.2) is 4.39 Å². The van der Waals surface area contributed by atoms with Gasteiger partial charge in [0.2, 0.25) is 47.3 Å². The quantitative estimate of drug-likeness (QED) is 0.0191. The van der Waals surface area contributed by atoms with Crippen molar-refractivity contribution in [2.75, 3.05) is 44.7 Å². The zero-order valence-electron chi connectivity index (χ0n) is 66.7. The Bertz CT molecular complexity index is 4780. The number of benzene rings is 6. The fourth-order valence-electron chi connectivity index (χ4n) is 16.4. The third kappa shape index (κ3) is 24.9. The highest BCUT2D eigenvalue weighted by Crippen LogP contribution is 2.44. The molecule has 8 aromatic rings. The van der Waals surface area contributed by atoms with Gasteiger partial charge in [-0.05, 0) is 172 Å². The number of aromatic amines is 2. The number of halogens is 1. The molecule has 19 N–H and O–H groups in total. The van der Waals surface area contributed by atoms with Gasteiger partial charge >= 0.3 is 0 Å². The zero-order valence-corrected chi connectivity index (χ0v) is 67.5. The number of Topliss-reactive ketones (excluding diaryl/α,β-unsaturated/α-hetero) is 1. The van der Waals surface area contributed by atoms with E-state index in [1.807, 2.05) is 18.2 Å². The molecule has 0 radical (unpaired) electrons. The number of hydrogen-bond donors (Lipinski definition) is 17. The molecule has 2 fully saturated rings. The number of likely N-dealkylation sites (N-methyl/N-ethyl adjacent to an activating group) is 1. The predicted octanol–water partition coefficient (Wildman–Crippen LogP) is 4.56. The number of H-pyrrole nitrogens is 2. The van der Waals surface area contributed by atoms with Crippen LogP contribution >= 0.6 is 0 Å². The molecule has 28 nitrogen and oxygen atoms in total. The first-order chi connectivity index (χ1) is 56.9. The highest BCUT2D eigenvalue weighted by atomic mass is 32.2. The average Bonchev–Trinajstić information content (AvgIpc) is 1.48. The Kier molecular flexibility index (Phi) is 31.8. The molecule has 4 heterocycles. The molecule has 2 aromatic heterocycles. The zero-order chi connectivity index (χ0) is 83.8. The van der Waals surface area contributed by atoms with Crippen LogP contribution in [0.1, 0.15) is 122 Å². The number of carbonyl (C=O) groups is 9. The predicted molar refractivity (Wildman–Crippen MR) is 450 cm³/mol. The molecule has 3 aliphatic rings. The van der Waals surface area contributed by atoms with Gasteiger partial charge in [0.05, 0.1) is 18.2 Å². The number of aromatic hydroxyl groups is 1. The van der Waals surface area contributed by atoms with Crippen LogP contribution in [-0.4, -0.2) is 200 Å². The van der Waals surface area contributed by atoms with Gasteiger partial charge in [-0.1, -0.05) is 128 Å². The Morgan fingerprint density at radius 3 is 1.86 bits per heavy atom. The molecule has 628 valence electrons. The van der Waals surface area contributed by atoms with E-state index >= 15 is 24.0 Å². The topological polar surface area (TPSA) is 442 Å². The Morgan fingerprint density at radius 1 is 0.627 bits per heavy atom. The van der Waals surface area contributed by atoms with E-state index in [-0.39, 0.29) is 138 Å². The number of fused-ring (bicyclic) bond motifs is 3. The number of hydrogen-bond acceptors (Lipinski definition) is 16. The van der Waals surface area contributed by atoms with E-state index in [0.717, 1.165) is 18.4 Å². The minimum absolute atomic E-state index is 0.00721. The number of aromatic nitrogens is 2. The lowest BCUT2D eigenvalue weighted by Crippen LogP contribution is -2.62. The summed E-state index contributed by atoms with van der Waals surface area (Å²) in [7, 11) is 0.499. The first-order valence-corrected chi connectivity index (χ1v) is 42.3. The maximum Gasteiger partial charge on any atom is 0.245 e. The van der Waals surface area contributed by atoms with E-state index in [4.69, 9.17) is 16.9 Å². The van der Waals surface area contributed by atoms with Crippen molar-refractivity contribution >= 4 is 91.6 Å². The molecule has 1 unspecified atom stereocenters. The molecular weight excluding hydrogens is 1520 g/mol. The molecule has 11 rings (SSSR count). The van der Waals surface area contributed by atoms with E-state index in [9.17, 15) is 38.0 Å². The molecule has 6 aromatic carbocycles. The average molecular weight is 1640 g/mol. The number of para-hydroxylation sites is 1. The molecule has 2 aliphatic heterocycles. The standard InChI is InChI=1S/C88H111FN16O12S/c1-53(106)80-87(116)100-72(42-57-30-34-61(89)35-31-57)77(108)29-11-5-10-25-69(96-49-62(40-56-32-36-63(107)37-33-56)97-78(109)52-118(117)51-58-41-66-65-23-16-27-68-79(65)60(48-95-68)46-76(66)105(2)50-58)81(110)98-71(28-17-39-93-88(91)92)82(111)101-73(43-54-18-6-3-7-19-54)84(113)102-74(44-55-20-8-4-9-21-55)85(114)103-75(45-59-47-94-67-24-13-12-22-64(59)67)86(115)99-70(83(112)104-80)26-14-15-38-90/h3-4,6-9,12-13,16,18-24,27,30-37,47-48,53,58,62,66,69-76,80,94-96,106-107H,5,10-11,14-15,17,25-26,28-29,38-46,49-52,90H2,1-2H3,(H,97,109)(H,98,110)(H,99,115)(H,100,116)(H,101,111)(H,102,113)(H,103,114)(H,104,112)(H4,91,92,93)/t53-,58-,62+,66-,69-,70+,71+,72+,73+,74+,75-,76-,80+,118?/m1/s1. The molecular formula is C88H111FN16O12S. The third-order valence-corrected chi connectivity index (χ3v) is 24.0. The molecule has 1 aliphatic carbocycles. The van der Waals surface area contributed by atoms with Gasteiger partial charge in [0.15, 0.2) is 11.7 Å². The molecule has 14 atom stereocenters. The summed E-state index contributed by atoms with van der Waals surface area (Å²) in [4.78, 5) is 145. The molecule has 30 heteroatoms. The van der Waals surface area contributed by atoms with Crippen molar-refractivity contribution in [2.24, 2.45) is 17.4 Å². The number of amides is 8. The van der Waals surface area contributed by atoms with Gasteiger partial charge < -0.3 is 89.7 Å². The van der Waals surface area contributed by atoms with Crippen molar-refractivity contribution in [3.63, 3.8) is 0 Å². The normalized spacial score (nSPS) is 23.3. The second-order valence-corrected chi connectivity index (χ2v) is 33.1. The van der Waals surface area contributed by atoms with Crippen LogP contribution < -0.4 is 64.6 Å². The molecule has 0 saturated carbocycles. The summed E-state index contributed by atoms with van der Waals surface area (Å²) in [6.07, 6.45) is 4.93. The Hall–Kier alpha value is -11.2. The minimum atomic E-state index is -1.72. The SMILES string of the molecule is C[C@@H](O)[C@@H]1NC(=O)[C@H](CCCCN)NC(=O)[C@@H](Cc2c[nH]c3ccccc23)NC(=O)[C@H](Cc2ccccc2)NC(=O)[C@H](Cc2ccccc2)NC(=O)[C@H](CCCNC(=N)N)NC(=O)[C@H](NC[C@H](Cc2ccc(O)cc2)NC(=O)CS(=O)C[C@@H]2C[C@@H]3c4cccc5[nH]cc(c45)C[C@H]3N(C)C2)CCCCCC(=O)[C@H](Cc2ccc(F)cc2)NC1=O. The minimum Gasteiger partial charge on any atom is -0.508 e. The smallest absolute Gasteiger partial charge is 0.245 e. The Balaban J connectivity index is 0.912. The Labute approximate surface area is 688 Å². The fraction of sp³-hybridized carbons (Fsp3) is 0.432. The number of guanidine groups is 1. The number of likely N-dealkylation sites (tertiary alicyclic amines) is 1. The van der Waals surface area contributed by atoms with Crippen LogP contribution in [0.4, 0.5) is 4.39 Å². The van der Waals surface area contributed by atoms with Gasteiger partial charge in [0.1, 0.15) is 53.6 Å². The highest BCUT2D eigenvalue weighted by Gasteiger charge is 2.42. The van der Waals surface area contributed by atoms with Crippen LogP contribution in [0.25, 0.3) is 21.8 Å². The van der Waals surface area contributed by atoms with Crippen LogP contribution in [0.15, 0.2) is 164 Å². The number of phenolic OH excluding ortho intramolecular Hbond substituents is 1. The number of piperidine rings is 1. The molecule has 0 spiro atoms. The third-order valence-electron chi connectivity index (χ3n) is 22.5. The van der Waals surface area contributed by atoms with Crippen molar-refractivity contribution < 1.29 is 62.0 Å². The summed E-state index contributed by atoms with van der Waals surface area (Å²) in [5.74, 6) is -7.49. The monoisotopic (exact) mass is 1630 g/mol. The number of carbonyl (C=O) groups excluding carboxylic acids is 9. The van der Waals surface area contributed by atoms with E-state index in [1.165, 1.54) is 59.8 Å². The molecule has 0 bridgehead atoms. The summed E-state index contributed by atoms with van der Waals surface area (Å²) < 4.78 is 28.7. The second-order valence-electron chi connectivity index (χ2n) is 31.6. The lowest BCUT2D eigenvalue weighted by atomic mass is 9.73. The second kappa shape index (κ2) is 42.8. The summed E-state index contributed by atoms with van der Waals surface area (Å²) in [5, 5.41) is 60.7. The van der Waals surface area contributed by atoms with Crippen molar-refractivity contribution in [3.8, 4) is 5.75 Å². The van der Waals surface area contributed by atoms with Gasteiger partial charge in [-0.3, -0.25) is 52.8 Å². The fourth-order valence-corrected chi connectivity index (χ4v) is 17.7. The van der Waals surface area contributed by atoms with E-state index in [1.54, 1.807) is 85.1 Å². The van der Waals surface area contributed by atoms with Gasteiger partial charge in [0, 0.05) is 114 Å². The maximum absolute atomic E-state index is 15.5. The largest absolute Gasteiger partial charge is 0.508 e. The van der Waals surface area contributed by atoms with E-state index < -0.39 is 130 Å². The lowest BCUT2D eigenvalue weighted by molar-refractivity contribution is -0.136. The number of nitrogens with one attached hydrogen (secondary N) is 13. The van der Waals surface area contributed by atoms with Crippen molar-refractivity contribution in [1.29, 1.82) is 5.41 Å². The number of unbranched alkanes of at least 4 members (excludes halogenated alkanes) is 1. The van der Waals surface area contributed by atoms with E-state index in [0.29, 0.717) is 64.5 Å². The number of aliphatic hydroxyl groups is 1. The Morgan fingerprint density at radius 2 is 1.19 bits per heavy atom. The number of aliphatic hydroxyl groups excluding tert-OH is 1. The number of ketones is 1. The van der Waals surface area contributed by atoms with Gasteiger partial charge in [-0.15, -0.1) is 0 Å². The summed E-state index contributed by atoms with van der Waals surface area (Å²) in [5.41, 5.74) is 19.0. The summed E-state index contributed by atoms with van der Waals surface area (Å²) in [6, 6.07) is 31.1. The van der Waals surface area contributed by atoms with Crippen LogP contribution in [0.2, 0.25) is 0 Å². The molecule has 8 amide bonds. The summed E-state index contributed by atoms with van der Waals surface area (Å²) in [6.45, 7) is 2.21. The van der Waals surface area contributed by atoms with Gasteiger partial charge in [-0.2, -0.15) is 0 Å².